The molecule has 1 atom stereocenters. The van der Waals surface area contributed by atoms with Crippen molar-refractivity contribution in [2.75, 3.05) is 13.7 Å². The van der Waals surface area contributed by atoms with Crippen LogP contribution in [-0.2, 0) is 10.2 Å². The fourth-order valence-corrected chi connectivity index (χ4v) is 3.31. The van der Waals surface area contributed by atoms with Crippen molar-refractivity contribution < 1.29 is 14.6 Å². The lowest BCUT2D eigenvalue weighted by atomic mass is 9.77. The maximum atomic E-state index is 12.8. The van der Waals surface area contributed by atoms with Crippen molar-refractivity contribution in [1.82, 2.24) is 5.32 Å². The number of aryl methyl sites for hydroxylation is 1. The Morgan fingerprint density at radius 1 is 1.41 bits per heavy atom. The van der Waals surface area contributed by atoms with Crippen LogP contribution in [0.2, 0.25) is 0 Å². The molecule has 2 N–H and O–H groups in total. The molecule has 1 aliphatic carbocycles. The zero-order valence-corrected chi connectivity index (χ0v) is 13.8. The Bertz CT molecular complexity index is 519. The number of aliphatic hydroxyl groups excluding tert-OH is 1. The minimum absolute atomic E-state index is 0.0801. The van der Waals surface area contributed by atoms with Gasteiger partial charge in [0, 0.05) is 6.54 Å². The summed E-state index contributed by atoms with van der Waals surface area (Å²) in [6, 6.07) is 6.09. The monoisotopic (exact) mass is 305 g/mol. The van der Waals surface area contributed by atoms with Gasteiger partial charge in [-0.15, -0.1) is 0 Å². The highest BCUT2D eigenvalue weighted by Crippen LogP contribution is 2.42. The molecule has 4 heteroatoms. The molecule has 1 amide bonds. The van der Waals surface area contributed by atoms with Crippen LogP contribution < -0.4 is 10.1 Å². The lowest BCUT2D eigenvalue weighted by molar-refractivity contribution is -0.126. The molecule has 4 nitrogen and oxygen atoms in total. The third-order valence-corrected chi connectivity index (χ3v) is 4.70. The minimum atomic E-state index is -0.445. The van der Waals surface area contributed by atoms with Gasteiger partial charge >= 0.3 is 0 Å². The Hall–Kier alpha value is -1.55. The van der Waals surface area contributed by atoms with Crippen molar-refractivity contribution in [2.45, 2.75) is 57.5 Å². The number of methoxy groups -OCH3 is 1. The van der Waals surface area contributed by atoms with Crippen molar-refractivity contribution in [3.05, 3.63) is 29.3 Å². The summed E-state index contributed by atoms with van der Waals surface area (Å²) in [5.41, 5.74) is 1.68. The lowest BCUT2D eigenvalue weighted by Crippen LogP contribution is -2.43. The van der Waals surface area contributed by atoms with E-state index in [1.807, 2.05) is 19.1 Å². The van der Waals surface area contributed by atoms with E-state index in [1.165, 1.54) is 0 Å². The van der Waals surface area contributed by atoms with Gasteiger partial charge in [0.2, 0.25) is 5.91 Å². The van der Waals surface area contributed by atoms with Crippen LogP contribution in [0.25, 0.3) is 0 Å². The quantitative estimate of drug-likeness (QED) is 0.849. The number of carbonyl (C=O) groups excluding carboxylic acids is 1. The van der Waals surface area contributed by atoms with Crippen LogP contribution in [0.4, 0.5) is 0 Å². The molecule has 1 saturated carbocycles. The van der Waals surface area contributed by atoms with Crippen molar-refractivity contribution in [1.29, 1.82) is 0 Å². The zero-order chi connectivity index (χ0) is 16.2. The van der Waals surface area contributed by atoms with Gasteiger partial charge in [0.05, 0.1) is 18.6 Å². The summed E-state index contributed by atoms with van der Waals surface area (Å²) in [5.74, 6) is 0.914. The largest absolute Gasteiger partial charge is 0.496 e. The number of ether oxygens (including phenoxy) is 1. The van der Waals surface area contributed by atoms with E-state index in [-0.39, 0.29) is 12.0 Å². The number of carbonyl (C=O) groups is 1. The molecule has 1 aromatic rings. The van der Waals surface area contributed by atoms with E-state index in [0.29, 0.717) is 13.0 Å². The molecular formula is C18H27NO3. The number of hydrogen-bond donors (Lipinski definition) is 2. The molecule has 1 aliphatic rings. The zero-order valence-electron chi connectivity index (χ0n) is 13.8. The normalized spacial score (nSPS) is 18.0. The summed E-state index contributed by atoms with van der Waals surface area (Å²) >= 11 is 0. The predicted octanol–water partition coefficient (Wildman–Crippen LogP) is 2.70. The molecule has 0 aromatic heterocycles. The number of amides is 1. The standard InChI is InChI=1S/C18H27NO3/c1-13-6-7-15(12-16(13)22-3)18(9-4-5-10-18)17(21)19-11-8-14(2)20/h6-7,12,14,20H,4-5,8-11H2,1-3H3,(H,19,21). The SMILES string of the molecule is COc1cc(C2(C(=O)NCCC(C)O)CCCC2)ccc1C. The Balaban J connectivity index is 2.22. The molecule has 1 aromatic carbocycles. The van der Waals surface area contributed by atoms with E-state index >= 15 is 0 Å². The molecule has 0 saturated heterocycles. The van der Waals surface area contributed by atoms with E-state index in [9.17, 15) is 9.90 Å². The van der Waals surface area contributed by atoms with Crippen LogP contribution in [0.15, 0.2) is 18.2 Å². The van der Waals surface area contributed by atoms with Crippen LogP contribution in [-0.4, -0.2) is 30.8 Å². The summed E-state index contributed by atoms with van der Waals surface area (Å²) in [6.45, 7) is 4.26. The fraction of sp³-hybridized carbons (Fsp3) is 0.611. The van der Waals surface area contributed by atoms with Crippen molar-refractivity contribution in [2.24, 2.45) is 0 Å². The third kappa shape index (κ3) is 3.43. The Morgan fingerprint density at radius 2 is 2.09 bits per heavy atom. The van der Waals surface area contributed by atoms with Gasteiger partial charge in [0.25, 0.3) is 0 Å². The predicted molar refractivity (Wildman–Crippen MR) is 87.2 cm³/mol. The highest BCUT2D eigenvalue weighted by molar-refractivity contribution is 5.88. The third-order valence-electron chi connectivity index (χ3n) is 4.70. The lowest BCUT2D eigenvalue weighted by Gasteiger charge is -2.29. The first-order valence-corrected chi connectivity index (χ1v) is 8.11. The van der Waals surface area contributed by atoms with E-state index in [4.69, 9.17) is 4.74 Å². The maximum absolute atomic E-state index is 12.8. The molecule has 1 unspecified atom stereocenters. The highest BCUT2D eigenvalue weighted by Gasteiger charge is 2.42. The number of aliphatic hydroxyl groups is 1. The molecule has 1 fully saturated rings. The van der Waals surface area contributed by atoms with E-state index in [2.05, 4.69) is 11.4 Å². The van der Waals surface area contributed by atoms with Gasteiger partial charge in [0.15, 0.2) is 0 Å². The number of nitrogens with one attached hydrogen (secondary N) is 1. The second-order valence-corrected chi connectivity index (χ2v) is 6.37. The molecule has 122 valence electrons. The Kier molecular flexibility index (Phi) is 5.46. The Morgan fingerprint density at radius 3 is 2.68 bits per heavy atom. The average molecular weight is 305 g/mol. The minimum Gasteiger partial charge on any atom is -0.496 e. The van der Waals surface area contributed by atoms with E-state index < -0.39 is 5.41 Å². The van der Waals surface area contributed by atoms with Crippen molar-refractivity contribution in [3.63, 3.8) is 0 Å². The van der Waals surface area contributed by atoms with Gasteiger partial charge in [0.1, 0.15) is 5.75 Å². The first kappa shape index (κ1) is 16.8. The van der Waals surface area contributed by atoms with Crippen LogP contribution in [0, 0.1) is 6.92 Å². The topological polar surface area (TPSA) is 58.6 Å². The smallest absolute Gasteiger partial charge is 0.230 e. The van der Waals surface area contributed by atoms with Crippen LogP contribution in [0.5, 0.6) is 5.75 Å². The molecule has 0 bridgehead atoms. The first-order chi connectivity index (χ1) is 10.5. The Labute approximate surface area is 132 Å². The summed E-state index contributed by atoms with van der Waals surface area (Å²) in [5, 5.41) is 12.4. The van der Waals surface area contributed by atoms with Gasteiger partial charge in [-0.1, -0.05) is 25.0 Å². The van der Waals surface area contributed by atoms with Gasteiger partial charge in [-0.25, -0.2) is 0 Å². The molecule has 0 radical (unpaired) electrons. The summed E-state index contributed by atoms with van der Waals surface area (Å²) in [4.78, 5) is 12.8. The fourth-order valence-electron chi connectivity index (χ4n) is 3.31. The van der Waals surface area contributed by atoms with E-state index in [0.717, 1.165) is 42.6 Å². The average Bonchev–Trinajstić information content (AvgIpc) is 2.98. The molecular weight excluding hydrogens is 278 g/mol. The molecule has 0 aliphatic heterocycles. The maximum Gasteiger partial charge on any atom is 0.230 e. The molecule has 22 heavy (non-hydrogen) atoms. The van der Waals surface area contributed by atoms with Crippen LogP contribution in [0.3, 0.4) is 0 Å². The van der Waals surface area contributed by atoms with Crippen LogP contribution >= 0.6 is 0 Å². The summed E-state index contributed by atoms with van der Waals surface area (Å²) < 4.78 is 5.42. The number of hydrogen-bond acceptors (Lipinski definition) is 3. The van der Waals surface area contributed by atoms with E-state index in [1.54, 1.807) is 14.0 Å². The number of rotatable bonds is 6. The van der Waals surface area contributed by atoms with Gasteiger partial charge in [-0.05, 0) is 50.3 Å². The summed E-state index contributed by atoms with van der Waals surface area (Å²) in [6.07, 6.45) is 4.08. The second kappa shape index (κ2) is 7.14. The van der Waals surface area contributed by atoms with Gasteiger partial charge in [-0.2, -0.15) is 0 Å². The van der Waals surface area contributed by atoms with Gasteiger partial charge in [-0.3, -0.25) is 4.79 Å². The summed E-state index contributed by atoms with van der Waals surface area (Å²) in [7, 11) is 1.66. The second-order valence-electron chi connectivity index (χ2n) is 6.37. The molecule has 2 rings (SSSR count). The number of benzene rings is 1. The first-order valence-electron chi connectivity index (χ1n) is 8.11. The molecule has 0 spiro atoms. The van der Waals surface area contributed by atoms with Crippen molar-refractivity contribution >= 4 is 5.91 Å². The molecule has 0 heterocycles. The van der Waals surface area contributed by atoms with Gasteiger partial charge < -0.3 is 15.2 Å². The van der Waals surface area contributed by atoms with Crippen molar-refractivity contribution in [3.8, 4) is 5.75 Å². The van der Waals surface area contributed by atoms with Crippen LogP contribution in [0.1, 0.15) is 50.2 Å². The highest BCUT2D eigenvalue weighted by atomic mass is 16.5.